The Bertz CT molecular complexity index is 262. The van der Waals surface area contributed by atoms with Crippen molar-refractivity contribution in [2.75, 3.05) is 6.54 Å². The van der Waals surface area contributed by atoms with Gasteiger partial charge in [-0.25, -0.2) is 0 Å². The maximum Gasteiger partial charge on any atom is 0.0681 e. The van der Waals surface area contributed by atoms with Gasteiger partial charge in [0.2, 0.25) is 0 Å². The van der Waals surface area contributed by atoms with Crippen molar-refractivity contribution in [3.05, 3.63) is 35.4 Å². The van der Waals surface area contributed by atoms with Crippen molar-refractivity contribution in [3.8, 4) is 0 Å². The van der Waals surface area contributed by atoms with Crippen LogP contribution >= 0.6 is 0 Å². The van der Waals surface area contributed by atoms with Gasteiger partial charge in [0.05, 0.1) is 6.61 Å². The summed E-state index contributed by atoms with van der Waals surface area (Å²) in [6.07, 6.45) is 2.50. The Kier molecular flexibility index (Phi) is 2.62. The normalized spacial score (nSPS) is 22.1. The zero-order chi connectivity index (χ0) is 9.10. The SMILES string of the molecule is OCc1ccc(C2CCCN2)cc1. The number of aliphatic hydroxyl groups is 1. The number of rotatable bonds is 2. The lowest BCUT2D eigenvalue weighted by Gasteiger charge is -2.10. The van der Waals surface area contributed by atoms with E-state index in [0.717, 1.165) is 12.1 Å². The Hall–Kier alpha value is -0.860. The minimum absolute atomic E-state index is 0.137. The third kappa shape index (κ3) is 1.90. The Morgan fingerprint density at radius 2 is 2.08 bits per heavy atom. The number of hydrogen-bond donors (Lipinski definition) is 2. The molecule has 0 amide bonds. The van der Waals surface area contributed by atoms with Crippen LogP contribution in [0.2, 0.25) is 0 Å². The molecule has 1 aromatic rings. The summed E-state index contributed by atoms with van der Waals surface area (Å²) in [6, 6.07) is 8.74. The van der Waals surface area contributed by atoms with E-state index in [1.165, 1.54) is 18.4 Å². The molecule has 1 saturated heterocycles. The van der Waals surface area contributed by atoms with Crippen molar-refractivity contribution in [3.63, 3.8) is 0 Å². The first-order valence-electron chi connectivity index (χ1n) is 4.83. The molecule has 0 bridgehead atoms. The van der Waals surface area contributed by atoms with Crippen molar-refractivity contribution in [1.29, 1.82) is 0 Å². The second-order valence-corrected chi connectivity index (χ2v) is 3.55. The van der Waals surface area contributed by atoms with Crippen LogP contribution in [-0.2, 0) is 6.61 Å². The largest absolute Gasteiger partial charge is 0.392 e. The van der Waals surface area contributed by atoms with E-state index in [0.29, 0.717) is 6.04 Å². The highest BCUT2D eigenvalue weighted by molar-refractivity contribution is 5.25. The van der Waals surface area contributed by atoms with Gasteiger partial charge in [-0.15, -0.1) is 0 Å². The molecule has 0 aromatic heterocycles. The van der Waals surface area contributed by atoms with Gasteiger partial charge in [0, 0.05) is 6.04 Å². The second-order valence-electron chi connectivity index (χ2n) is 3.55. The van der Waals surface area contributed by atoms with Crippen LogP contribution in [0.15, 0.2) is 24.3 Å². The van der Waals surface area contributed by atoms with Crippen LogP contribution in [0.5, 0.6) is 0 Å². The van der Waals surface area contributed by atoms with Crippen LogP contribution in [0.25, 0.3) is 0 Å². The van der Waals surface area contributed by atoms with Gasteiger partial charge in [0.15, 0.2) is 0 Å². The van der Waals surface area contributed by atoms with Crippen LogP contribution in [0, 0.1) is 0 Å². The number of aliphatic hydroxyl groups excluding tert-OH is 1. The average Bonchev–Trinajstić information content (AvgIpc) is 2.71. The van der Waals surface area contributed by atoms with E-state index in [1.807, 2.05) is 12.1 Å². The van der Waals surface area contributed by atoms with Gasteiger partial charge in [-0.05, 0) is 30.5 Å². The molecule has 1 unspecified atom stereocenters. The Morgan fingerprint density at radius 1 is 1.31 bits per heavy atom. The minimum atomic E-state index is 0.137. The van der Waals surface area contributed by atoms with E-state index in [4.69, 9.17) is 5.11 Å². The van der Waals surface area contributed by atoms with Gasteiger partial charge >= 0.3 is 0 Å². The maximum absolute atomic E-state index is 8.88. The van der Waals surface area contributed by atoms with Gasteiger partial charge in [0.1, 0.15) is 0 Å². The molecule has 1 aliphatic heterocycles. The molecule has 0 aliphatic carbocycles. The molecular formula is C11H15NO. The molecule has 1 fully saturated rings. The molecule has 13 heavy (non-hydrogen) atoms. The van der Waals surface area contributed by atoms with Crippen molar-refractivity contribution in [2.24, 2.45) is 0 Å². The van der Waals surface area contributed by atoms with E-state index < -0.39 is 0 Å². The monoisotopic (exact) mass is 177 g/mol. The van der Waals surface area contributed by atoms with Gasteiger partial charge < -0.3 is 10.4 Å². The molecule has 0 radical (unpaired) electrons. The average molecular weight is 177 g/mol. The Morgan fingerprint density at radius 3 is 2.62 bits per heavy atom. The van der Waals surface area contributed by atoms with Gasteiger partial charge in [0.25, 0.3) is 0 Å². The summed E-state index contributed by atoms with van der Waals surface area (Å²) < 4.78 is 0. The zero-order valence-corrected chi connectivity index (χ0v) is 7.66. The fourth-order valence-corrected chi connectivity index (χ4v) is 1.82. The highest BCUT2D eigenvalue weighted by atomic mass is 16.3. The molecule has 2 N–H and O–H groups in total. The molecule has 0 spiro atoms. The molecule has 0 saturated carbocycles. The van der Waals surface area contributed by atoms with Crippen molar-refractivity contribution < 1.29 is 5.11 Å². The van der Waals surface area contributed by atoms with Crippen LogP contribution < -0.4 is 5.32 Å². The van der Waals surface area contributed by atoms with E-state index in [1.54, 1.807) is 0 Å². The first-order chi connectivity index (χ1) is 6.40. The lowest BCUT2D eigenvalue weighted by molar-refractivity contribution is 0.282. The van der Waals surface area contributed by atoms with Crippen molar-refractivity contribution in [1.82, 2.24) is 5.32 Å². The quantitative estimate of drug-likeness (QED) is 0.719. The molecule has 1 heterocycles. The predicted octanol–water partition coefficient (Wildman–Crippen LogP) is 1.60. The molecule has 2 heteroatoms. The smallest absolute Gasteiger partial charge is 0.0681 e. The minimum Gasteiger partial charge on any atom is -0.392 e. The number of benzene rings is 1. The topological polar surface area (TPSA) is 32.3 Å². The third-order valence-corrected chi connectivity index (χ3v) is 2.62. The maximum atomic E-state index is 8.88. The third-order valence-electron chi connectivity index (χ3n) is 2.62. The van der Waals surface area contributed by atoms with E-state index in [-0.39, 0.29) is 6.61 Å². The lowest BCUT2D eigenvalue weighted by Crippen LogP contribution is -2.12. The zero-order valence-electron chi connectivity index (χ0n) is 7.66. The molecule has 2 nitrogen and oxygen atoms in total. The molecule has 1 aromatic carbocycles. The van der Waals surface area contributed by atoms with E-state index in [2.05, 4.69) is 17.4 Å². The second kappa shape index (κ2) is 3.90. The first kappa shape index (κ1) is 8.73. The summed E-state index contributed by atoms with van der Waals surface area (Å²) in [4.78, 5) is 0. The first-order valence-corrected chi connectivity index (χ1v) is 4.83. The summed E-state index contributed by atoms with van der Waals surface area (Å²) >= 11 is 0. The summed E-state index contributed by atoms with van der Waals surface area (Å²) in [5.41, 5.74) is 2.33. The van der Waals surface area contributed by atoms with Gasteiger partial charge in [-0.1, -0.05) is 24.3 Å². The summed E-state index contributed by atoms with van der Waals surface area (Å²) in [7, 11) is 0. The highest BCUT2D eigenvalue weighted by Crippen LogP contribution is 2.22. The van der Waals surface area contributed by atoms with E-state index in [9.17, 15) is 0 Å². The molecular weight excluding hydrogens is 162 g/mol. The highest BCUT2D eigenvalue weighted by Gasteiger charge is 2.15. The Balaban J connectivity index is 2.12. The molecule has 1 aliphatic rings. The number of hydrogen-bond acceptors (Lipinski definition) is 2. The summed E-state index contributed by atoms with van der Waals surface area (Å²) in [6.45, 7) is 1.27. The fourth-order valence-electron chi connectivity index (χ4n) is 1.82. The van der Waals surface area contributed by atoms with Crippen molar-refractivity contribution >= 4 is 0 Å². The van der Waals surface area contributed by atoms with Crippen LogP contribution in [0.4, 0.5) is 0 Å². The van der Waals surface area contributed by atoms with Gasteiger partial charge in [-0.2, -0.15) is 0 Å². The predicted molar refractivity (Wildman–Crippen MR) is 52.3 cm³/mol. The molecule has 2 rings (SSSR count). The van der Waals surface area contributed by atoms with Gasteiger partial charge in [-0.3, -0.25) is 0 Å². The molecule has 1 atom stereocenters. The Labute approximate surface area is 78.6 Å². The number of nitrogens with one attached hydrogen (secondary N) is 1. The van der Waals surface area contributed by atoms with E-state index >= 15 is 0 Å². The van der Waals surface area contributed by atoms with Crippen LogP contribution in [0.3, 0.4) is 0 Å². The summed E-state index contributed by atoms with van der Waals surface area (Å²) in [5, 5.41) is 12.3. The summed E-state index contributed by atoms with van der Waals surface area (Å²) in [5.74, 6) is 0. The van der Waals surface area contributed by atoms with Crippen molar-refractivity contribution in [2.45, 2.75) is 25.5 Å². The van der Waals surface area contributed by atoms with Crippen LogP contribution in [0.1, 0.15) is 30.0 Å². The van der Waals surface area contributed by atoms with Crippen LogP contribution in [-0.4, -0.2) is 11.7 Å². The fraction of sp³-hybridized carbons (Fsp3) is 0.455. The lowest BCUT2D eigenvalue weighted by atomic mass is 10.0. The standard InChI is InChI=1S/C11H15NO/c13-8-9-3-5-10(6-4-9)11-2-1-7-12-11/h3-6,11-13H,1-2,7-8H2. The molecule has 70 valence electrons.